The van der Waals surface area contributed by atoms with Crippen molar-refractivity contribution in [2.75, 3.05) is 6.61 Å². The molecule has 0 aromatic heterocycles. The second-order valence-corrected chi connectivity index (χ2v) is 7.08. The molecule has 3 rings (SSSR count). The molecule has 25 heavy (non-hydrogen) atoms. The number of ether oxygens (including phenoxy) is 1. The quantitative estimate of drug-likeness (QED) is 0.876. The van der Waals surface area contributed by atoms with Crippen molar-refractivity contribution in [3.8, 4) is 5.75 Å². The van der Waals surface area contributed by atoms with Crippen molar-refractivity contribution in [3.63, 3.8) is 0 Å². The molecule has 132 valence electrons. The highest BCUT2D eigenvalue weighted by molar-refractivity contribution is 5.78. The molecule has 0 heterocycles. The minimum absolute atomic E-state index is 0.0116. The number of rotatable bonds is 5. The number of hydrogen-bond donors (Lipinski definition) is 1. The summed E-state index contributed by atoms with van der Waals surface area (Å²) in [7, 11) is 0. The predicted octanol–water partition coefficient (Wildman–Crippen LogP) is 4.44. The zero-order valence-electron chi connectivity index (χ0n) is 15.4. The van der Waals surface area contributed by atoms with Gasteiger partial charge in [0.2, 0.25) is 0 Å². The third-order valence-corrected chi connectivity index (χ3v) is 4.94. The van der Waals surface area contributed by atoms with Crippen LogP contribution >= 0.6 is 0 Å². The molecule has 3 nitrogen and oxygen atoms in total. The molecule has 0 bridgehead atoms. The molecule has 2 aromatic carbocycles. The van der Waals surface area contributed by atoms with Gasteiger partial charge in [-0.3, -0.25) is 4.79 Å². The number of nitrogens with one attached hydrogen (secondary N) is 1. The summed E-state index contributed by atoms with van der Waals surface area (Å²) in [5, 5.41) is 3.04. The van der Waals surface area contributed by atoms with E-state index >= 15 is 0 Å². The van der Waals surface area contributed by atoms with Crippen molar-refractivity contribution in [2.24, 2.45) is 0 Å². The highest BCUT2D eigenvalue weighted by Gasteiger charge is 2.14. The molecule has 1 aliphatic carbocycles. The van der Waals surface area contributed by atoms with Crippen LogP contribution in [0, 0.1) is 13.8 Å². The lowest BCUT2D eigenvalue weighted by atomic mass is 9.89. The Morgan fingerprint density at radius 3 is 2.60 bits per heavy atom. The van der Waals surface area contributed by atoms with Crippen LogP contribution in [0.15, 0.2) is 36.4 Å². The summed E-state index contributed by atoms with van der Waals surface area (Å²) in [4.78, 5) is 12.2. The first-order chi connectivity index (χ1) is 12.0. The van der Waals surface area contributed by atoms with Crippen molar-refractivity contribution in [3.05, 3.63) is 64.2 Å². The van der Waals surface area contributed by atoms with Gasteiger partial charge in [-0.1, -0.05) is 35.9 Å². The van der Waals surface area contributed by atoms with Crippen LogP contribution in [0.4, 0.5) is 0 Å². The second kappa shape index (κ2) is 7.73. The van der Waals surface area contributed by atoms with E-state index in [1.807, 2.05) is 32.9 Å². The van der Waals surface area contributed by atoms with E-state index in [4.69, 9.17) is 4.74 Å². The lowest BCUT2D eigenvalue weighted by Gasteiger charge is -2.20. The Labute approximate surface area is 150 Å². The summed E-state index contributed by atoms with van der Waals surface area (Å²) in [5.41, 5.74) is 6.31. The maximum absolute atomic E-state index is 12.2. The fourth-order valence-corrected chi connectivity index (χ4v) is 3.49. The summed E-state index contributed by atoms with van der Waals surface area (Å²) in [6.07, 6.45) is 4.88. The molecular weight excluding hydrogens is 310 g/mol. The number of aryl methyl sites for hydroxylation is 4. The first-order valence-corrected chi connectivity index (χ1v) is 9.14. The van der Waals surface area contributed by atoms with Gasteiger partial charge in [0.25, 0.3) is 5.91 Å². The third kappa shape index (κ3) is 4.41. The predicted molar refractivity (Wildman–Crippen MR) is 101 cm³/mol. The Kier molecular flexibility index (Phi) is 5.42. The van der Waals surface area contributed by atoms with E-state index in [9.17, 15) is 4.79 Å². The second-order valence-electron chi connectivity index (χ2n) is 7.08. The van der Waals surface area contributed by atoms with Gasteiger partial charge in [0, 0.05) is 0 Å². The number of carbonyl (C=O) groups excluding carboxylic acids is 1. The van der Waals surface area contributed by atoms with Gasteiger partial charge in [0.05, 0.1) is 6.04 Å². The summed E-state index contributed by atoms with van der Waals surface area (Å²) in [6.45, 7) is 6.11. The van der Waals surface area contributed by atoms with Crippen LogP contribution in [0.1, 0.15) is 53.6 Å². The summed E-state index contributed by atoms with van der Waals surface area (Å²) in [6, 6.07) is 12.6. The molecule has 0 saturated carbocycles. The molecule has 1 atom stereocenters. The van der Waals surface area contributed by atoms with Crippen molar-refractivity contribution >= 4 is 5.91 Å². The van der Waals surface area contributed by atoms with Gasteiger partial charge in [0.1, 0.15) is 5.75 Å². The van der Waals surface area contributed by atoms with Gasteiger partial charge in [-0.2, -0.15) is 0 Å². The number of fused-ring (bicyclic) bond motifs is 1. The van der Waals surface area contributed by atoms with Crippen molar-refractivity contribution in [2.45, 2.75) is 52.5 Å². The molecule has 0 fully saturated rings. The van der Waals surface area contributed by atoms with Crippen LogP contribution in [0.2, 0.25) is 0 Å². The van der Waals surface area contributed by atoms with Crippen LogP contribution < -0.4 is 10.1 Å². The van der Waals surface area contributed by atoms with E-state index in [1.165, 1.54) is 41.5 Å². The number of benzene rings is 2. The van der Waals surface area contributed by atoms with E-state index in [1.54, 1.807) is 0 Å². The van der Waals surface area contributed by atoms with Crippen LogP contribution in [-0.4, -0.2) is 12.5 Å². The Bertz CT molecular complexity index is 767. The zero-order valence-corrected chi connectivity index (χ0v) is 15.4. The molecular formula is C22H27NO2. The van der Waals surface area contributed by atoms with Gasteiger partial charge >= 0.3 is 0 Å². The minimum Gasteiger partial charge on any atom is -0.484 e. The lowest BCUT2D eigenvalue weighted by Crippen LogP contribution is -2.31. The van der Waals surface area contributed by atoms with Gasteiger partial charge in [-0.05, 0) is 74.8 Å². The van der Waals surface area contributed by atoms with E-state index in [0.29, 0.717) is 0 Å². The highest BCUT2D eigenvalue weighted by Crippen LogP contribution is 2.25. The molecule has 1 unspecified atom stereocenters. The third-order valence-electron chi connectivity index (χ3n) is 4.94. The number of amides is 1. The fourth-order valence-electron chi connectivity index (χ4n) is 3.49. The van der Waals surface area contributed by atoms with E-state index in [-0.39, 0.29) is 18.6 Å². The Morgan fingerprint density at radius 1 is 1.08 bits per heavy atom. The molecule has 0 aliphatic heterocycles. The maximum Gasteiger partial charge on any atom is 0.258 e. The molecule has 1 amide bonds. The summed E-state index contributed by atoms with van der Waals surface area (Å²) in [5.74, 6) is 0.673. The maximum atomic E-state index is 12.2. The van der Waals surface area contributed by atoms with E-state index in [0.717, 1.165) is 17.7 Å². The molecule has 0 radical (unpaired) electrons. The SMILES string of the molecule is Cc1ccc(OCC(=O)NC(C)c2ccc3c(c2)CCCC3)c(C)c1. The van der Waals surface area contributed by atoms with Gasteiger partial charge in [-0.25, -0.2) is 0 Å². The van der Waals surface area contributed by atoms with Crippen LogP contribution in [0.25, 0.3) is 0 Å². The van der Waals surface area contributed by atoms with E-state index in [2.05, 4.69) is 29.6 Å². The molecule has 3 heteroatoms. The smallest absolute Gasteiger partial charge is 0.258 e. The fraction of sp³-hybridized carbons (Fsp3) is 0.409. The van der Waals surface area contributed by atoms with Gasteiger partial charge in [-0.15, -0.1) is 0 Å². The lowest BCUT2D eigenvalue weighted by molar-refractivity contribution is -0.123. The highest BCUT2D eigenvalue weighted by atomic mass is 16.5. The average molecular weight is 337 g/mol. The molecule has 1 N–H and O–H groups in total. The van der Waals surface area contributed by atoms with E-state index < -0.39 is 0 Å². The standard InChI is InChI=1S/C22H27NO2/c1-15-8-11-21(16(2)12-15)25-14-22(24)23-17(3)19-10-9-18-6-4-5-7-20(18)13-19/h8-13,17H,4-7,14H2,1-3H3,(H,23,24). The van der Waals surface area contributed by atoms with Crippen molar-refractivity contribution in [1.82, 2.24) is 5.32 Å². The van der Waals surface area contributed by atoms with Crippen molar-refractivity contribution < 1.29 is 9.53 Å². The topological polar surface area (TPSA) is 38.3 Å². The molecule has 2 aromatic rings. The molecule has 1 aliphatic rings. The number of carbonyl (C=O) groups is 1. The average Bonchev–Trinajstić information content (AvgIpc) is 2.60. The van der Waals surface area contributed by atoms with Gasteiger partial charge in [0.15, 0.2) is 6.61 Å². The van der Waals surface area contributed by atoms with Crippen LogP contribution in [0.3, 0.4) is 0 Å². The largest absolute Gasteiger partial charge is 0.484 e. The molecule has 0 saturated heterocycles. The number of hydrogen-bond acceptors (Lipinski definition) is 2. The van der Waals surface area contributed by atoms with Crippen LogP contribution in [-0.2, 0) is 17.6 Å². The zero-order chi connectivity index (χ0) is 17.8. The van der Waals surface area contributed by atoms with Crippen LogP contribution in [0.5, 0.6) is 5.75 Å². The Morgan fingerprint density at radius 2 is 1.84 bits per heavy atom. The first kappa shape index (κ1) is 17.5. The molecule has 0 spiro atoms. The Balaban J connectivity index is 1.57. The van der Waals surface area contributed by atoms with Gasteiger partial charge < -0.3 is 10.1 Å². The first-order valence-electron chi connectivity index (χ1n) is 9.14. The normalized spacial score (nSPS) is 14.5. The summed E-state index contributed by atoms with van der Waals surface area (Å²) >= 11 is 0. The van der Waals surface area contributed by atoms with Crippen molar-refractivity contribution in [1.29, 1.82) is 0 Å². The monoisotopic (exact) mass is 337 g/mol. The summed E-state index contributed by atoms with van der Waals surface area (Å²) < 4.78 is 5.67. The Hall–Kier alpha value is -2.29. The minimum atomic E-state index is -0.0924.